The fourth-order valence-corrected chi connectivity index (χ4v) is 3.09. The van der Waals surface area contributed by atoms with E-state index in [-0.39, 0.29) is 11.9 Å². The van der Waals surface area contributed by atoms with Gasteiger partial charge in [0.05, 0.1) is 5.92 Å². The Labute approximate surface area is 130 Å². The van der Waals surface area contributed by atoms with Crippen molar-refractivity contribution in [3.8, 4) is 0 Å². The third kappa shape index (κ3) is 9.13. The first-order chi connectivity index (χ1) is 10.2. The molecule has 3 heteroatoms. The molecule has 0 aliphatic carbocycles. The molecule has 0 radical (unpaired) electrons. The van der Waals surface area contributed by atoms with E-state index in [2.05, 4.69) is 6.92 Å². The summed E-state index contributed by atoms with van der Waals surface area (Å²) in [6.45, 7) is 2.26. The molecule has 0 amide bonds. The molecule has 0 aromatic rings. The van der Waals surface area contributed by atoms with E-state index in [4.69, 9.17) is 4.74 Å². The Morgan fingerprint density at radius 2 is 1.38 bits per heavy atom. The van der Waals surface area contributed by atoms with Gasteiger partial charge in [-0.05, 0) is 6.42 Å². The van der Waals surface area contributed by atoms with Gasteiger partial charge in [0.25, 0.3) is 0 Å². The molecule has 3 nitrogen and oxygen atoms in total. The van der Waals surface area contributed by atoms with Gasteiger partial charge in [0.2, 0.25) is 6.29 Å². The van der Waals surface area contributed by atoms with Crippen LogP contribution in [-0.4, -0.2) is 17.4 Å². The lowest BCUT2D eigenvalue weighted by atomic mass is 9.98. The third-order valence-electron chi connectivity index (χ3n) is 4.48. The van der Waals surface area contributed by atoms with Gasteiger partial charge in [-0.15, -0.1) is 0 Å². The van der Waals surface area contributed by atoms with Crippen molar-refractivity contribution in [3.05, 3.63) is 0 Å². The van der Waals surface area contributed by atoms with Gasteiger partial charge in [-0.25, -0.2) is 0 Å². The number of carbonyl (C=O) groups is 1. The summed E-state index contributed by atoms with van der Waals surface area (Å²) in [7, 11) is 0. The average Bonchev–Trinajstić information content (AvgIpc) is 2.78. The maximum atomic E-state index is 11.3. The van der Waals surface area contributed by atoms with Gasteiger partial charge in [0.1, 0.15) is 0 Å². The van der Waals surface area contributed by atoms with Crippen LogP contribution in [-0.2, 0) is 9.53 Å². The van der Waals surface area contributed by atoms with E-state index in [1.54, 1.807) is 0 Å². The normalized spacial score (nSPS) is 21.7. The molecule has 1 saturated heterocycles. The van der Waals surface area contributed by atoms with E-state index in [0.717, 1.165) is 12.8 Å². The number of rotatable bonds is 13. The number of unbranched alkanes of at least 4 members (excludes halogenated alkanes) is 11. The first-order valence-corrected chi connectivity index (χ1v) is 9.12. The molecule has 21 heavy (non-hydrogen) atoms. The smallest absolute Gasteiger partial charge is 0.311 e. The van der Waals surface area contributed by atoms with Gasteiger partial charge in [0, 0.05) is 6.42 Å². The van der Waals surface area contributed by atoms with Crippen molar-refractivity contribution in [2.75, 3.05) is 0 Å². The van der Waals surface area contributed by atoms with Crippen LogP contribution in [0.2, 0.25) is 0 Å². The second kappa shape index (κ2) is 12.0. The number of aliphatic hydroxyl groups is 1. The minimum atomic E-state index is -0.847. The molecule has 0 aromatic heterocycles. The van der Waals surface area contributed by atoms with Gasteiger partial charge in [-0.3, -0.25) is 4.79 Å². The van der Waals surface area contributed by atoms with Crippen molar-refractivity contribution in [1.29, 1.82) is 0 Å². The topological polar surface area (TPSA) is 46.5 Å². The molecule has 1 aliphatic rings. The summed E-state index contributed by atoms with van der Waals surface area (Å²) in [6, 6.07) is 0. The Kier molecular flexibility index (Phi) is 10.6. The zero-order valence-corrected chi connectivity index (χ0v) is 13.8. The van der Waals surface area contributed by atoms with Gasteiger partial charge in [-0.1, -0.05) is 84.0 Å². The van der Waals surface area contributed by atoms with Crippen LogP contribution >= 0.6 is 0 Å². The average molecular weight is 298 g/mol. The molecule has 0 saturated carbocycles. The molecule has 1 N–H and O–H groups in total. The lowest BCUT2D eigenvalue weighted by molar-refractivity contribution is -0.155. The summed E-state index contributed by atoms with van der Waals surface area (Å²) in [6.07, 6.45) is 16.5. The lowest BCUT2D eigenvalue weighted by Gasteiger charge is -2.05. The van der Waals surface area contributed by atoms with Crippen LogP contribution in [0.25, 0.3) is 0 Å². The first kappa shape index (κ1) is 18.5. The molecule has 0 spiro atoms. The van der Waals surface area contributed by atoms with Gasteiger partial charge in [0.15, 0.2) is 0 Å². The fraction of sp³-hybridized carbons (Fsp3) is 0.944. The number of cyclic esters (lactones) is 1. The monoisotopic (exact) mass is 298 g/mol. The Morgan fingerprint density at radius 3 is 1.81 bits per heavy atom. The number of carbonyl (C=O) groups excluding carboxylic acids is 1. The summed E-state index contributed by atoms with van der Waals surface area (Å²) in [5.74, 6) is -0.256. The van der Waals surface area contributed by atoms with E-state index in [1.807, 2.05) is 0 Å². The third-order valence-corrected chi connectivity index (χ3v) is 4.48. The quantitative estimate of drug-likeness (QED) is 0.386. The van der Waals surface area contributed by atoms with Crippen molar-refractivity contribution < 1.29 is 14.6 Å². The van der Waals surface area contributed by atoms with Gasteiger partial charge >= 0.3 is 5.97 Å². The summed E-state index contributed by atoms with van der Waals surface area (Å²) >= 11 is 0. The zero-order chi connectivity index (χ0) is 15.3. The predicted octanol–water partition coefficient (Wildman–Crippen LogP) is 4.96. The molecule has 1 heterocycles. The molecular formula is C18H34O3. The molecular weight excluding hydrogens is 264 g/mol. The first-order valence-electron chi connectivity index (χ1n) is 9.12. The molecule has 0 bridgehead atoms. The second-order valence-corrected chi connectivity index (χ2v) is 6.50. The van der Waals surface area contributed by atoms with Crippen LogP contribution in [0.5, 0.6) is 0 Å². The standard InChI is InChI=1S/C18H34O3/c1-2-3-4-5-6-7-8-9-10-11-12-13-14-16-15-17(19)21-18(16)20/h16-17,19H,2-15H2,1H3/t16-,17-/m1/s1. The number of hydrogen-bond donors (Lipinski definition) is 1. The molecule has 1 fully saturated rings. The van der Waals surface area contributed by atoms with Crippen molar-refractivity contribution in [3.63, 3.8) is 0 Å². The van der Waals surface area contributed by atoms with Crippen molar-refractivity contribution in [2.45, 2.75) is 103 Å². The summed E-state index contributed by atoms with van der Waals surface area (Å²) in [5, 5.41) is 9.22. The van der Waals surface area contributed by atoms with Gasteiger partial charge in [-0.2, -0.15) is 0 Å². The summed E-state index contributed by atoms with van der Waals surface area (Å²) in [5.41, 5.74) is 0. The lowest BCUT2D eigenvalue weighted by Crippen LogP contribution is -2.07. The molecule has 2 atom stereocenters. The van der Waals surface area contributed by atoms with Crippen molar-refractivity contribution in [1.82, 2.24) is 0 Å². The largest absolute Gasteiger partial charge is 0.436 e. The highest BCUT2D eigenvalue weighted by Gasteiger charge is 2.32. The molecule has 1 rings (SSSR count). The SMILES string of the molecule is CCCCCCCCCCCCCC[C@@H]1C[C@H](O)OC1=O. The number of aliphatic hydroxyl groups excluding tert-OH is 1. The highest BCUT2D eigenvalue weighted by atomic mass is 16.6. The molecule has 124 valence electrons. The fourth-order valence-electron chi connectivity index (χ4n) is 3.09. The Hall–Kier alpha value is -0.570. The van der Waals surface area contributed by atoms with Crippen molar-refractivity contribution >= 4 is 5.97 Å². The second-order valence-electron chi connectivity index (χ2n) is 6.50. The maximum absolute atomic E-state index is 11.3. The van der Waals surface area contributed by atoms with Crippen LogP contribution in [0.15, 0.2) is 0 Å². The minimum absolute atomic E-state index is 0.0527. The van der Waals surface area contributed by atoms with E-state index in [0.29, 0.717) is 6.42 Å². The molecule has 1 aliphatic heterocycles. The van der Waals surface area contributed by atoms with E-state index in [9.17, 15) is 9.90 Å². The molecule has 0 unspecified atom stereocenters. The summed E-state index contributed by atoms with van der Waals surface area (Å²) in [4.78, 5) is 11.3. The van der Waals surface area contributed by atoms with E-state index >= 15 is 0 Å². The van der Waals surface area contributed by atoms with E-state index in [1.165, 1.54) is 70.6 Å². The van der Waals surface area contributed by atoms with E-state index < -0.39 is 6.29 Å². The molecule has 0 aromatic carbocycles. The van der Waals surface area contributed by atoms with Crippen LogP contribution in [0.1, 0.15) is 96.8 Å². The highest BCUT2D eigenvalue weighted by molar-refractivity contribution is 5.74. The van der Waals surface area contributed by atoms with Crippen LogP contribution in [0.4, 0.5) is 0 Å². The van der Waals surface area contributed by atoms with Crippen LogP contribution < -0.4 is 0 Å². The van der Waals surface area contributed by atoms with Crippen LogP contribution in [0, 0.1) is 5.92 Å². The Balaban J connectivity index is 1.78. The highest BCUT2D eigenvalue weighted by Crippen LogP contribution is 2.25. The van der Waals surface area contributed by atoms with Crippen molar-refractivity contribution in [2.24, 2.45) is 5.92 Å². The summed E-state index contributed by atoms with van der Waals surface area (Å²) < 4.78 is 4.75. The number of ether oxygens (including phenoxy) is 1. The van der Waals surface area contributed by atoms with Gasteiger partial charge < -0.3 is 9.84 Å². The maximum Gasteiger partial charge on any atom is 0.311 e. The number of esters is 1. The Morgan fingerprint density at radius 1 is 0.905 bits per heavy atom. The van der Waals surface area contributed by atoms with Crippen LogP contribution in [0.3, 0.4) is 0 Å². The minimum Gasteiger partial charge on any atom is -0.436 e. The Bertz CT molecular complexity index is 265. The zero-order valence-electron chi connectivity index (χ0n) is 13.8. The predicted molar refractivity (Wildman–Crippen MR) is 85.9 cm³/mol. The number of hydrogen-bond acceptors (Lipinski definition) is 3.